The van der Waals surface area contributed by atoms with E-state index < -0.39 is 14.9 Å². The molecule has 0 spiro atoms. The van der Waals surface area contributed by atoms with Crippen molar-refractivity contribution in [3.8, 4) is 11.5 Å². The highest BCUT2D eigenvalue weighted by Gasteiger charge is 2.23. The molecule has 0 atom stereocenters. The van der Waals surface area contributed by atoms with Crippen LogP contribution < -0.4 is 19.5 Å². The minimum atomic E-state index is -4.03. The van der Waals surface area contributed by atoms with Crippen molar-refractivity contribution >= 4 is 21.4 Å². The number of hydrogen-bond donors (Lipinski definition) is 1. The normalized spacial score (nSPS) is 12.8. The minimum absolute atomic E-state index is 0.163. The van der Waals surface area contributed by atoms with Crippen LogP contribution >= 0.6 is 0 Å². The molecule has 1 heterocycles. The molecule has 0 radical (unpaired) electrons. The highest BCUT2D eigenvalue weighted by molar-refractivity contribution is 7.89. The van der Waals surface area contributed by atoms with Gasteiger partial charge in [-0.2, -0.15) is 0 Å². The third kappa shape index (κ3) is 3.55. The van der Waals surface area contributed by atoms with Crippen LogP contribution in [0.15, 0.2) is 41.3 Å². The van der Waals surface area contributed by atoms with E-state index in [1.807, 2.05) is 19.1 Å². The standard InChI is InChI=1S/C16H17N3O6S/c1-2-18(9-11-3-6-15-16(7-11)25-10-24-15)13-5-4-12(26(17,22)23)8-14(13)19(20)21/h3-8H,2,9-10H2,1H3,(H2,17,22,23). The van der Waals surface area contributed by atoms with E-state index in [0.29, 0.717) is 30.3 Å². The SMILES string of the molecule is CCN(Cc1ccc2c(c1)OCO2)c1ccc(S(N)(=O)=O)cc1[N+](=O)[O-]. The van der Waals surface area contributed by atoms with E-state index in [-0.39, 0.29) is 17.4 Å². The fourth-order valence-electron chi connectivity index (χ4n) is 2.72. The second-order valence-electron chi connectivity index (χ2n) is 5.65. The largest absolute Gasteiger partial charge is 0.454 e. The topological polar surface area (TPSA) is 125 Å². The first-order valence-electron chi connectivity index (χ1n) is 7.74. The van der Waals surface area contributed by atoms with Crippen molar-refractivity contribution in [3.63, 3.8) is 0 Å². The lowest BCUT2D eigenvalue weighted by molar-refractivity contribution is -0.384. The number of rotatable bonds is 6. The summed E-state index contributed by atoms with van der Waals surface area (Å²) in [4.78, 5) is 12.3. The molecule has 2 N–H and O–H groups in total. The molecule has 2 aromatic rings. The Labute approximate surface area is 150 Å². The monoisotopic (exact) mass is 379 g/mol. The molecule has 0 aliphatic carbocycles. The molecular weight excluding hydrogens is 362 g/mol. The van der Waals surface area contributed by atoms with Gasteiger partial charge in [0.15, 0.2) is 11.5 Å². The summed E-state index contributed by atoms with van der Waals surface area (Å²) in [5, 5.41) is 16.5. The number of ether oxygens (including phenoxy) is 2. The first-order valence-corrected chi connectivity index (χ1v) is 9.29. The lowest BCUT2D eigenvalue weighted by atomic mass is 10.1. The fourth-order valence-corrected chi connectivity index (χ4v) is 3.25. The highest BCUT2D eigenvalue weighted by atomic mass is 32.2. The Morgan fingerprint density at radius 2 is 1.92 bits per heavy atom. The van der Waals surface area contributed by atoms with Crippen LogP contribution in [0.3, 0.4) is 0 Å². The predicted molar refractivity (Wildman–Crippen MR) is 93.8 cm³/mol. The van der Waals surface area contributed by atoms with Gasteiger partial charge >= 0.3 is 0 Å². The smallest absolute Gasteiger partial charge is 0.293 e. The van der Waals surface area contributed by atoms with E-state index in [2.05, 4.69) is 0 Å². The van der Waals surface area contributed by atoms with Crippen LogP contribution in [-0.2, 0) is 16.6 Å². The quantitative estimate of drug-likeness (QED) is 0.601. The second kappa shape index (κ2) is 6.81. The predicted octanol–water partition coefficient (Wildman–Crippen LogP) is 2.00. The van der Waals surface area contributed by atoms with Gasteiger partial charge in [-0.15, -0.1) is 0 Å². The summed E-state index contributed by atoms with van der Waals surface area (Å²) >= 11 is 0. The molecule has 0 unspecified atom stereocenters. The van der Waals surface area contributed by atoms with Gasteiger partial charge in [-0.25, -0.2) is 13.6 Å². The van der Waals surface area contributed by atoms with Gasteiger partial charge < -0.3 is 14.4 Å². The number of sulfonamides is 1. The number of hydrogen-bond acceptors (Lipinski definition) is 7. The Kier molecular flexibility index (Phi) is 4.70. The Morgan fingerprint density at radius 1 is 1.19 bits per heavy atom. The molecule has 1 aliphatic rings. The Hall–Kier alpha value is -2.85. The van der Waals surface area contributed by atoms with Gasteiger partial charge in [0.25, 0.3) is 5.69 Å². The molecule has 10 heteroatoms. The Morgan fingerprint density at radius 3 is 2.58 bits per heavy atom. The van der Waals surface area contributed by atoms with Crippen LogP contribution in [0, 0.1) is 10.1 Å². The molecule has 0 fully saturated rings. The van der Waals surface area contributed by atoms with Gasteiger partial charge in [-0.1, -0.05) is 6.07 Å². The molecule has 138 valence electrons. The van der Waals surface area contributed by atoms with Crippen molar-refractivity contribution in [1.29, 1.82) is 0 Å². The number of nitro groups is 1. The number of nitrogens with two attached hydrogens (primary N) is 1. The molecule has 0 saturated heterocycles. The lowest BCUT2D eigenvalue weighted by Gasteiger charge is -2.23. The molecule has 0 aromatic heterocycles. The first kappa shape index (κ1) is 18.0. The number of nitrogens with zero attached hydrogens (tertiary/aromatic N) is 2. The maximum Gasteiger partial charge on any atom is 0.293 e. The molecule has 3 rings (SSSR count). The maximum atomic E-state index is 11.5. The summed E-state index contributed by atoms with van der Waals surface area (Å²) in [6.07, 6.45) is 0. The van der Waals surface area contributed by atoms with Crippen molar-refractivity contribution in [3.05, 3.63) is 52.1 Å². The van der Waals surface area contributed by atoms with Crippen molar-refractivity contribution in [2.75, 3.05) is 18.2 Å². The van der Waals surface area contributed by atoms with Gasteiger partial charge in [0.2, 0.25) is 16.8 Å². The zero-order valence-electron chi connectivity index (χ0n) is 13.9. The average Bonchev–Trinajstić information content (AvgIpc) is 3.06. The summed E-state index contributed by atoms with van der Waals surface area (Å²) in [5.74, 6) is 1.28. The van der Waals surface area contributed by atoms with Crippen LogP contribution in [0.4, 0.5) is 11.4 Å². The third-order valence-corrected chi connectivity index (χ3v) is 4.92. The van der Waals surface area contributed by atoms with E-state index in [9.17, 15) is 18.5 Å². The van der Waals surface area contributed by atoms with Gasteiger partial charge in [-0.3, -0.25) is 10.1 Å². The molecule has 1 aliphatic heterocycles. The van der Waals surface area contributed by atoms with Gasteiger partial charge in [0, 0.05) is 19.2 Å². The zero-order chi connectivity index (χ0) is 18.9. The van der Waals surface area contributed by atoms with Crippen LogP contribution in [0.1, 0.15) is 12.5 Å². The van der Waals surface area contributed by atoms with Crippen molar-refractivity contribution in [2.45, 2.75) is 18.4 Å². The molecule has 0 amide bonds. The number of primary sulfonamides is 1. The summed E-state index contributed by atoms with van der Waals surface area (Å²) in [5.41, 5.74) is 0.864. The molecule has 0 bridgehead atoms. The van der Waals surface area contributed by atoms with Crippen LogP contribution in [-0.4, -0.2) is 26.7 Å². The van der Waals surface area contributed by atoms with E-state index in [1.165, 1.54) is 12.1 Å². The maximum absolute atomic E-state index is 11.5. The second-order valence-corrected chi connectivity index (χ2v) is 7.22. The van der Waals surface area contributed by atoms with Crippen LogP contribution in [0.25, 0.3) is 0 Å². The third-order valence-electron chi connectivity index (χ3n) is 4.00. The number of benzene rings is 2. The van der Waals surface area contributed by atoms with Crippen LogP contribution in [0.2, 0.25) is 0 Å². The number of fused-ring (bicyclic) bond motifs is 1. The lowest BCUT2D eigenvalue weighted by Crippen LogP contribution is -2.23. The molecule has 2 aromatic carbocycles. The Bertz CT molecular complexity index is 960. The average molecular weight is 379 g/mol. The highest BCUT2D eigenvalue weighted by Crippen LogP contribution is 2.35. The van der Waals surface area contributed by atoms with Crippen molar-refractivity contribution in [1.82, 2.24) is 0 Å². The number of anilines is 1. The molecule has 26 heavy (non-hydrogen) atoms. The van der Waals surface area contributed by atoms with E-state index >= 15 is 0 Å². The Balaban J connectivity index is 1.96. The summed E-state index contributed by atoms with van der Waals surface area (Å²) in [6, 6.07) is 9.08. The molecular formula is C16H17N3O6S. The first-order chi connectivity index (χ1) is 12.3. The van der Waals surface area contributed by atoms with Gasteiger partial charge in [0.1, 0.15) is 5.69 Å². The van der Waals surface area contributed by atoms with Gasteiger partial charge in [0.05, 0.1) is 9.82 Å². The fraction of sp³-hybridized carbons (Fsp3) is 0.250. The zero-order valence-corrected chi connectivity index (χ0v) is 14.7. The molecule has 0 saturated carbocycles. The van der Waals surface area contributed by atoms with Crippen molar-refractivity contribution in [2.24, 2.45) is 5.14 Å². The van der Waals surface area contributed by atoms with Gasteiger partial charge in [-0.05, 0) is 36.8 Å². The number of nitro benzene ring substituents is 1. The van der Waals surface area contributed by atoms with Crippen LogP contribution in [0.5, 0.6) is 11.5 Å². The van der Waals surface area contributed by atoms with Crippen molar-refractivity contribution < 1.29 is 22.8 Å². The summed E-state index contributed by atoms with van der Waals surface area (Å²) < 4.78 is 33.6. The molecule has 9 nitrogen and oxygen atoms in total. The van der Waals surface area contributed by atoms with E-state index in [0.717, 1.165) is 11.6 Å². The van der Waals surface area contributed by atoms with E-state index in [4.69, 9.17) is 14.6 Å². The summed E-state index contributed by atoms with van der Waals surface area (Å²) in [7, 11) is -4.03. The summed E-state index contributed by atoms with van der Waals surface area (Å²) in [6.45, 7) is 2.87. The minimum Gasteiger partial charge on any atom is -0.454 e. The van der Waals surface area contributed by atoms with E-state index in [1.54, 1.807) is 11.0 Å².